The Morgan fingerprint density at radius 3 is 2.42 bits per heavy atom. The molecule has 0 aliphatic heterocycles. The topological polar surface area (TPSA) is 37.5 Å². The van der Waals surface area contributed by atoms with E-state index in [0.29, 0.717) is 30.9 Å². The first-order valence-corrected chi connectivity index (χ1v) is 13.5. The lowest BCUT2D eigenvalue weighted by Crippen LogP contribution is -2.30. The van der Waals surface area contributed by atoms with Crippen molar-refractivity contribution in [3.63, 3.8) is 0 Å². The number of H-pyrrole nitrogens is 1. The molecule has 4 nitrogen and oxygen atoms in total. The van der Waals surface area contributed by atoms with E-state index in [1.807, 2.05) is 42.6 Å². The number of hydrogen-bond donors (Lipinski definition) is 1. The minimum Gasteiger partial charge on any atom is -0.501 e. The molecule has 1 aromatic heterocycles. The summed E-state index contributed by atoms with van der Waals surface area (Å²) in [5.74, 6) is -1.26. The summed E-state index contributed by atoms with van der Waals surface area (Å²) in [7, 11) is 1.61. The van der Waals surface area contributed by atoms with Crippen molar-refractivity contribution >= 4 is 11.6 Å². The number of nitrogens with zero attached hydrogens (tertiary/aromatic N) is 1. The van der Waals surface area contributed by atoms with Crippen LogP contribution < -0.4 is 4.74 Å². The van der Waals surface area contributed by atoms with E-state index in [0.717, 1.165) is 50.4 Å². The molecule has 1 N–H and O–H groups in total. The molecular formula is C31H39ClF4N2O2. The first-order chi connectivity index (χ1) is 18.9. The zero-order valence-electron chi connectivity index (χ0n) is 23.5. The molecule has 0 saturated heterocycles. The minimum absolute atomic E-state index is 0.133. The molecule has 1 unspecified atom stereocenters. The van der Waals surface area contributed by atoms with Crippen molar-refractivity contribution in [2.75, 3.05) is 26.8 Å². The van der Waals surface area contributed by atoms with E-state index in [2.05, 4.69) is 29.5 Å². The fourth-order valence-electron chi connectivity index (χ4n) is 4.18. The number of rotatable bonds is 14. The predicted octanol–water partition coefficient (Wildman–Crippen LogP) is 8.83. The Bertz CT molecular complexity index is 1160. The Balaban J connectivity index is 0.00000131. The lowest BCUT2D eigenvalue weighted by atomic mass is 10.0. The molecule has 0 bridgehead atoms. The van der Waals surface area contributed by atoms with E-state index in [4.69, 9.17) is 21.1 Å². The third-order valence-corrected chi connectivity index (χ3v) is 6.55. The number of benzene rings is 2. The molecule has 220 valence electrons. The summed E-state index contributed by atoms with van der Waals surface area (Å²) < 4.78 is 59.9. The zero-order chi connectivity index (χ0) is 29.7. The first-order valence-electron chi connectivity index (χ1n) is 13.1. The highest BCUT2D eigenvalue weighted by Gasteiger charge is 2.28. The smallest absolute Gasteiger partial charge is 0.271 e. The monoisotopic (exact) mass is 582 g/mol. The van der Waals surface area contributed by atoms with Crippen LogP contribution in [-0.4, -0.2) is 43.1 Å². The van der Waals surface area contributed by atoms with E-state index in [9.17, 15) is 17.6 Å². The summed E-state index contributed by atoms with van der Waals surface area (Å²) in [4.78, 5) is 5.51. The second-order valence-electron chi connectivity index (χ2n) is 9.72. The van der Waals surface area contributed by atoms with Crippen LogP contribution >= 0.6 is 11.6 Å². The Kier molecular flexibility index (Phi) is 13.6. The van der Waals surface area contributed by atoms with Gasteiger partial charge in [-0.1, -0.05) is 55.4 Å². The zero-order valence-corrected chi connectivity index (χ0v) is 24.3. The van der Waals surface area contributed by atoms with E-state index >= 15 is 0 Å². The number of aromatic nitrogens is 1. The van der Waals surface area contributed by atoms with Gasteiger partial charge in [-0.05, 0) is 48.7 Å². The van der Waals surface area contributed by atoms with E-state index in [-0.39, 0.29) is 16.5 Å². The number of halogens is 5. The van der Waals surface area contributed by atoms with Gasteiger partial charge >= 0.3 is 0 Å². The molecule has 1 atom stereocenters. The molecule has 0 saturated carbocycles. The predicted molar refractivity (Wildman–Crippen MR) is 154 cm³/mol. The number of allylic oxidation sites excluding steroid dienone is 1. The Hall–Kier alpha value is -2.97. The Morgan fingerprint density at radius 1 is 1.10 bits per heavy atom. The van der Waals surface area contributed by atoms with Crippen LogP contribution in [0.1, 0.15) is 55.5 Å². The van der Waals surface area contributed by atoms with Crippen molar-refractivity contribution in [2.24, 2.45) is 0 Å². The van der Waals surface area contributed by atoms with Crippen LogP contribution in [0.15, 0.2) is 73.1 Å². The third-order valence-electron chi connectivity index (χ3n) is 6.11. The molecule has 2 aromatic carbocycles. The summed E-state index contributed by atoms with van der Waals surface area (Å²) in [5.41, 5.74) is 2.76. The number of alkyl halides is 4. The molecule has 0 spiro atoms. The number of hydrogen-bond acceptors (Lipinski definition) is 3. The largest absolute Gasteiger partial charge is 0.501 e. The Morgan fingerprint density at radius 2 is 1.80 bits per heavy atom. The van der Waals surface area contributed by atoms with E-state index in [1.165, 1.54) is 6.07 Å². The minimum atomic E-state index is -2.99. The van der Waals surface area contributed by atoms with Gasteiger partial charge in [0.1, 0.15) is 5.75 Å². The highest BCUT2D eigenvalue weighted by Crippen LogP contribution is 2.35. The Labute approximate surface area is 239 Å². The van der Waals surface area contributed by atoms with Crippen LogP contribution in [0.5, 0.6) is 5.75 Å². The molecule has 0 amide bonds. The molecule has 1 heterocycles. The van der Waals surface area contributed by atoms with Crippen LogP contribution in [0.3, 0.4) is 0 Å². The normalized spacial score (nSPS) is 12.2. The van der Waals surface area contributed by atoms with Crippen LogP contribution in [0.4, 0.5) is 17.6 Å². The van der Waals surface area contributed by atoms with Crippen LogP contribution in [-0.2, 0) is 23.6 Å². The van der Waals surface area contributed by atoms with Crippen molar-refractivity contribution in [2.45, 2.75) is 58.4 Å². The molecular weight excluding hydrogens is 544 g/mol. The summed E-state index contributed by atoms with van der Waals surface area (Å²) in [6.45, 7) is 10.2. The molecule has 0 aliphatic rings. The van der Waals surface area contributed by atoms with Gasteiger partial charge in [-0.15, -0.1) is 0 Å². The van der Waals surface area contributed by atoms with Crippen molar-refractivity contribution < 1.29 is 27.0 Å². The lowest BCUT2D eigenvalue weighted by molar-refractivity contribution is 0.0174. The van der Waals surface area contributed by atoms with Crippen molar-refractivity contribution in [1.29, 1.82) is 0 Å². The summed E-state index contributed by atoms with van der Waals surface area (Å²) >= 11 is 6.42. The fraction of sp³-hybridized carbons (Fsp3) is 0.419. The van der Waals surface area contributed by atoms with Gasteiger partial charge in [-0.2, -0.15) is 0 Å². The van der Waals surface area contributed by atoms with Gasteiger partial charge in [0.05, 0.1) is 24.5 Å². The average molecular weight is 583 g/mol. The van der Waals surface area contributed by atoms with Crippen LogP contribution in [0.2, 0.25) is 5.02 Å². The van der Waals surface area contributed by atoms with Crippen LogP contribution in [0.25, 0.3) is 0 Å². The molecule has 40 heavy (non-hydrogen) atoms. The van der Waals surface area contributed by atoms with Crippen molar-refractivity contribution in [3.8, 4) is 5.75 Å². The summed E-state index contributed by atoms with van der Waals surface area (Å²) in [6.07, 6.45) is 1.15. The SMILES string of the molecule is C=C(Cc1cccc(OCCCN(Cc2cccc(C(C)(F)F)c2Cl)CC(C)c2ccc[nH]2)c1)OC.CC(F)F. The molecule has 0 fully saturated rings. The first kappa shape index (κ1) is 33.2. The van der Waals surface area contributed by atoms with Crippen molar-refractivity contribution in [1.82, 2.24) is 9.88 Å². The van der Waals surface area contributed by atoms with Crippen molar-refractivity contribution in [3.05, 3.63) is 101 Å². The number of aromatic amines is 1. The molecule has 3 aromatic rings. The van der Waals surface area contributed by atoms with Gasteiger partial charge in [0, 0.05) is 56.4 Å². The van der Waals surface area contributed by atoms with E-state index in [1.54, 1.807) is 13.2 Å². The third kappa shape index (κ3) is 11.6. The van der Waals surface area contributed by atoms with E-state index < -0.39 is 12.3 Å². The second-order valence-corrected chi connectivity index (χ2v) is 10.1. The fourth-order valence-corrected chi connectivity index (χ4v) is 4.53. The van der Waals surface area contributed by atoms with Gasteiger partial charge in [0.25, 0.3) is 5.92 Å². The van der Waals surface area contributed by atoms with Gasteiger partial charge in [0.2, 0.25) is 6.43 Å². The maximum absolute atomic E-state index is 14.0. The summed E-state index contributed by atoms with van der Waals surface area (Å²) in [6, 6.07) is 16.8. The van der Waals surface area contributed by atoms with Gasteiger partial charge < -0.3 is 14.5 Å². The average Bonchev–Trinajstić information content (AvgIpc) is 3.42. The number of nitrogens with one attached hydrogen (secondary N) is 1. The number of methoxy groups -OCH3 is 1. The van der Waals surface area contributed by atoms with Gasteiger partial charge in [-0.3, -0.25) is 4.90 Å². The molecule has 0 radical (unpaired) electrons. The lowest BCUT2D eigenvalue weighted by Gasteiger charge is -2.27. The summed E-state index contributed by atoms with van der Waals surface area (Å²) in [5, 5.41) is 0.133. The molecule has 3 rings (SSSR count). The molecule has 9 heteroatoms. The van der Waals surface area contributed by atoms with Gasteiger partial charge in [-0.25, -0.2) is 17.6 Å². The van der Waals surface area contributed by atoms with Crippen LogP contribution in [0, 0.1) is 0 Å². The molecule has 0 aliphatic carbocycles. The maximum Gasteiger partial charge on any atom is 0.271 e. The quantitative estimate of drug-likeness (QED) is 0.117. The highest BCUT2D eigenvalue weighted by atomic mass is 35.5. The standard InChI is InChI=1S/C29H35ClF2N2O2.C2H4F2/c1-21(27-13-7-14-33-27)19-34(20-24-10-6-12-26(28(24)30)29(3,31)32)15-8-16-36-25-11-5-9-23(18-25)17-22(2)35-4;1-2(3)4/h5-7,9-14,18,21,33H,2,8,15-17,19-20H2,1,3-4H3;2H,1H3. The maximum atomic E-state index is 14.0. The second kappa shape index (κ2) is 16.3. The van der Waals surface area contributed by atoms with Gasteiger partial charge in [0.15, 0.2) is 0 Å². The number of ether oxygens (including phenoxy) is 2. The highest BCUT2D eigenvalue weighted by molar-refractivity contribution is 6.32.